The Balaban J connectivity index is 1.96. The van der Waals surface area contributed by atoms with Gasteiger partial charge in [0.15, 0.2) is 0 Å². The number of nitrogens with one attached hydrogen (secondary N) is 1. The maximum atomic E-state index is 3.68. The number of anilines is 1. The summed E-state index contributed by atoms with van der Waals surface area (Å²) in [5.41, 5.74) is 5.57. The molecule has 0 unspecified atom stereocenters. The highest BCUT2D eigenvalue weighted by atomic mass is 15.2. The number of benzene rings is 2. The Hall–Kier alpha value is -1.80. The van der Waals surface area contributed by atoms with Crippen molar-refractivity contribution in [1.82, 2.24) is 5.32 Å². The minimum absolute atomic E-state index is 0.113. The van der Waals surface area contributed by atoms with E-state index in [0.29, 0.717) is 0 Å². The molecule has 2 nitrogen and oxygen atoms in total. The van der Waals surface area contributed by atoms with Gasteiger partial charge in [-0.25, -0.2) is 0 Å². The number of hydrogen-bond donors (Lipinski definition) is 1. The lowest BCUT2D eigenvalue weighted by Gasteiger charge is -2.32. The topological polar surface area (TPSA) is 15.3 Å². The van der Waals surface area contributed by atoms with Gasteiger partial charge in [0.1, 0.15) is 0 Å². The zero-order valence-corrected chi connectivity index (χ0v) is 13.2. The van der Waals surface area contributed by atoms with Gasteiger partial charge in [0.25, 0.3) is 0 Å². The van der Waals surface area contributed by atoms with Gasteiger partial charge < -0.3 is 10.2 Å². The Morgan fingerprint density at radius 3 is 2.62 bits per heavy atom. The van der Waals surface area contributed by atoms with E-state index in [2.05, 4.69) is 79.5 Å². The Morgan fingerprint density at radius 1 is 1.10 bits per heavy atom. The van der Waals surface area contributed by atoms with Crippen LogP contribution in [0.5, 0.6) is 0 Å². The Morgan fingerprint density at radius 2 is 1.86 bits per heavy atom. The highest BCUT2D eigenvalue weighted by Gasteiger charge is 2.26. The van der Waals surface area contributed by atoms with Gasteiger partial charge in [-0.05, 0) is 38.0 Å². The predicted molar refractivity (Wildman–Crippen MR) is 89.6 cm³/mol. The molecule has 0 amide bonds. The first-order chi connectivity index (χ1) is 10.0. The molecule has 2 aromatic rings. The largest absolute Gasteiger partial charge is 0.365 e. The molecule has 1 aliphatic heterocycles. The van der Waals surface area contributed by atoms with E-state index in [4.69, 9.17) is 0 Å². The van der Waals surface area contributed by atoms with Crippen LogP contribution in [-0.4, -0.2) is 12.1 Å². The number of hydrogen-bond acceptors (Lipinski definition) is 2. The first-order valence-corrected chi connectivity index (χ1v) is 7.67. The molecule has 0 aliphatic carbocycles. The molecule has 0 fully saturated rings. The second-order valence-electron chi connectivity index (χ2n) is 6.71. The first kappa shape index (κ1) is 14.2. The van der Waals surface area contributed by atoms with Crippen molar-refractivity contribution in [2.75, 3.05) is 11.4 Å². The number of nitrogens with zero attached hydrogens (tertiary/aromatic N) is 1. The predicted octanol–water partition coefficient (Wildman–Crippen LogP) is 3.88. The second kappa shape index (κ2) is 5.53. The Labute approximate surface area is 127 Å². The van der Waals surface area contributed by atoms with Gasteiger partial charge in [0.05, 0.1) is 0 Å². The van der Waals surface area contributed by atoms with Gasteiger partial charge in [0.2, 0.25) is 0 Å². The van der Waals surface area contributed by atoms with Gasteiger partial charge in [-0.3, -0.25) is 0 Å². The van der Waals surface area contributed by atoms with Crippen LogP contribution in [0.15, 0.2) is 48.5 Å². The zero-order valence-electron chi connectivity index (χ0n) is 13.2. The minimum Gasteiger partial charge on any atom is -0.365 e. The van der Waals surface area contributed by atoms with Gasteiger partial charge >= 0.3 is 0 Å². The molecule has 2 heteroatoms. The van der Waals surface area contributed by atoms with E-state index in [1.54, 1.807) is 0 Å². The van der Waals surface area contributed by atoms with Crippen molar-refractivity contribution in [3.63, 3.8) is 0 Å². The molecule has 1 N–H and O–H groups in total. The summed E-state index contributed by atoms with van der Waals surface area (Å²) in [6.45, 7) is 9.64. The minimum atomic E-state index is 0.113. The molecular formula is C19H24N2. The second-order valence-corrected chi connectivity index (χ2v) is 6.71. The lowest BCUT2D eigenvalue weighted by Crippen LogP contribution is -2.46. The van der Waals surface area contributed by atoms with Crippen molar-refractivity contribution in [2.45, 2.75) is 39.4 Å². The lowest BCUT2D eigenvalue weighted by atomic mass is 10.0. The molecule has 3 rings (SSSR count). The van der Waals surface area contributed by atoms with Crippen LogP contribution in [0, 0.1) is 6.92 Å². The third kappa shape index (κ3) is 3.27. The average molecular weight is 280 g/mol. The average Bonchev–Trinajstić information content (AvgIpc) is 2.57. The van der Waals surface area contributed by atoms with Crippen LogP contribution < -0.4 is 10.2 Å². The smallest absolute Gasteiger partial charge is 0.0430 e. The molecule has 0 spiro atoms. The van der Waals surface area contributed by atoms with Crippen LogP contribution >= 0.6 is 0 Å². The van der Waals surface area contributed by atoms with Gasteiger partial charge in [-0.1, -0.05) is 48.0 Å². The van der Waals surface area contributed by atoms with Crippen LogP contribution in [0.4, 0.5) is 5.69 Å². The van der Waals surface area contributed by atoms with Crippen molar-refractivity contribution >= 4 is 5.69 Å². The molecular weight excluding hydrogens is 256 g/mol. The van der Waals surface area contributed by atoms with Crippen molar-refractivity contribution in [3.8, 4) is 0 Å². The molecule has 0 saturated heterocycles. The number of aryl methyl sites for hydroxylation is 1. The Kier molecular flexibility index (Phi) is 3.73. The zero-order chi connectivity index (χ0) is 14.9. The standard InChI is InChI=1S/C19H24N2/c1-15-9-10-18-17(11-15)12-20-19(2,3)14-21(18)13-16-7-5-4-6-8-16/h4-11,20H,12-14H2,1-3H3. The normalized spacial score (nSPS) is 17.2. The van der Waals surface area contributed by atoms with Crippen LogP contribution in [0.2, 0.25) is 0 Å². The molecule has 1 aliphatic rings. The SMILES string of the molecule is Cc1ccc2c(c1)CNC(C)(C)CN2Cc1ccccc1. The van der Waals surface area contributed by atoms with Crippen LogP contribution in [0.1, 0.15) is 30.5 Å². The first-order valence-electron chi connectivity index (χ1n) is 7.67. The van der Waals surface area contributed by atoms with Gasteiger partial charge in [-0.2, -0.15) is 0 Å². The van der Waals surface area contributed by atoms with E-state index in [0.717, 1.165) is 19.6 Å². The summed E-state index contributed by atoms with van der Waals surface area (Å²) in [6.07, 6.45) is 0. The van der Waals surface area contributed by atoms with E-state index < -0.39 is 0 Å². The van der Waals surface area contributed by atoms with Crippen molar-refractivity contribution in [1.29, 1.82) is 0 Å². The third-order valence-electron chi connectivity index (χ3n) is 4.14. The van der Waals surface area contributed by atoms with Crippen molar-refractivity contribution < 1.29 is 0 Å². The fourth-order valence-electron chi connectivity index (χ4n) is 3.06. The third-order valence-corrected chi connectivity index (χ3v) is 4.14. The molecule has 2 aromatic carbocycles. The van der Waals surface area contributed by atoms with Gasteiger partial charge in [0, 0.05) is 30.9 Å². The monoisotopic (exact) mass is 280 g/mol. The van der Waals surface area contributed by atoms with E-state index in [1.165, 1.54) is 22.4 Å². The number of rotatable bonds is 2. The van der Waals surface area contributed by atoms with Crippen LogP contribution in [-0.2, 0) is 13.1 Å². The van der Waals surface area contributed by atoms with E-state index in [1.807, 2.05) is 0 Å². The van der Waals surface area contributed by atoms with E-state index >= 15 is 0 Å². The fourth-order valence-corrected chi connectivity index (χ4v) is 3.06. The summed E-state index contributed by atoms with van der Waals surface area (Å²) in [5.74, 6) is 0. The van der Waals surface area contributed by atoms with Crippen molar-refractivity contribution in [2.24, 2.45) is 0 Å². The molecule has 0 radical (unpaired) electrons. The molecule has 0 saturated carbocycles. The molecule has 110 valence electrons. The molecule has 0 aromatic heterocycles. The summed E-state index contributed by atoms with van der Waals surface area (Å²) in [5, 5.41) is 3.68. The summed E-state index contributed by atoms with van der Waals surface area (Å²) < 4.78 is 0. The van der Waals surface area contributed by atoms with Crippen LogP contribution in [0.3, 0.4) is 0 Å². The Bertz CT molecular complexity index is 617. The highest BCUT2D eigenvalue weighted by molar-refractivity contribution is 5.56. The summed E-state index contributed by atoms with van der Waals surface area (Å²) in [6, 6.07) is 17.5. The molecule has 21 heavy (non-hydrogen) atoms. The maximum Gasteiger partial charge on any atom is 0.0430 e. The summed E-state index contributed by atoms with van der Waals surface area (Å²) in [7, 11) is 0. The fraction of sp³-hybridized carbons (Fsp3) is 0.368. The van der Waals surface area contributed by atoms with E-state index in [9.17, 15) is 0 Å². The highest BCUT2D eigenvalue weighted by Crippen LogP contribution is 2.28. The molecule has 0 atom stereocenters. The van der Waals surface area contributed by atoms with Crippen LogP contribution in [0.25, 0.3) is 0 Å². The van der Waals surface area contributed by atoms with E-state index in [-0.39, 0.29) is 5.54 Å². The molecule has 1 heterocycles. The summed E-state index contributed by atoms with van der Waals surface area (Å²) in [4.78, 5) is 2.50. The molecule has 0 bridgehead atoms. The lowest BCUT2D eigenvalue weighted by molar-refractivity contribution is 0.395. The quantitative estimate of drug-likeness (QED) is 0.898. The maximum absolute atomic E-state index is 3.68. The summed E-state index contributed by atoms with van der Waals surface area (Å²) >= 11 is 0. The van der Waals surface area contributed by atoms with Gasteiger partial charge in [-0.15, -0.1) is 0 Å². The van der Waals surface area contributed by atoms with Crippen molar-refractivity contribution in [3.05, 3.63) is 65.2 Å². The number of fused-ring (bicyclic) bond motifs is 1.